The average molecular weight is 740 g/mol. The van der Waals surface area contributed by atoms with Crippen molar-refractivity contribution in [2.45, 2.75) is 54.8 Å². The van der Waals surface area contributed by atoms with Crippen molar-refractivity contribution in [2.24, 2.45) is 5.73 Å². The molecule has 3 aromatic rings. The second-order valence-electron chi connectivity index (χ2n) is 11.3. The molecule has 0 atom stereocenters. The Kier molecular flexibility index (Phi) is 9.96. The summed E-state index contributed by atoms with van der Waals surface area (Å²) in [6.07, 6.45) is -0.156. The first-order chi connectivity index (χ1) is 20.5. The minimum Gasteiger partial charge on any atom is -0.346 e. The van der Waals surface area contributed by atoms with Crippen LogP contribution in [0, 0.1) is 5.82 Å². The van der Waals surface area contributed by atoms with Crippen LogP contribution in [-0.4, -0.2) is 17.4 Å². The molecule has 0 aliphatic heterocycles. The zero-order chi connectivity index (χ0) is 32.4. The number of hydrogen-bond donors (Lipinski definition) is 3. The second kappa shape index (κ2) is 13.0. The van der Waals surface area contributed by atoms with Gasteiger partial charge in [0.05, 0.1) is 16.6 Å². The molecule has 232 valence electrons. The van der Waals surface area contributed by atoms with Crippen LogP contribution in [-0.2, 0) is 25.7 Å². The molecule has 0 saturated heterocycles. The predicted octanol–water partition coefficient (Wildman–Crippen LogP) is 8.38. The van der Waals surface area contributed by atoms with Crippen molar-refractivity contribution in [2.75, 3.05) is 5.32 Å². The highest BCUT2D eigenvalue weighted by molar-refractivity contribution is 14.1. The Bertz CT molecular complexity index is 1650. The molecule has 5 nitrogen and oxygen atoms in total. The van der Waals surface area contributed by atoms with Gasteiger partial charge in [0.15, 0.2) is 0 Å². The molecule has 0 unspecified atom stereocenters. The summed E-state index contributed by atoms with van der Waals surface area (Å²) in [5.74, 6) is -1.51. The van der Waals surface area contributed by atoms with E-state index in [2.05, 4.69) is 39.8 Å². The number of alkyl halides is 4. The monoisotopic (exact) mass is 739 g/mol. The van der Waals surface area contributed by atoms with E-state index in [-0.39, 0.29) is 29.4 Å². The number of nitrogens with one attached hydrogen (secondary N) is 2. The van der Waals surface area contributed by atoms with Crippen molar-refractivity contribution in [3.05, 3.63) is 111 Å². The standard InChI is InChI=1S/C33H31ClF4IN3O2/c1-19(21-13-24(33(36,37)38)16-26(35)15-21)27-17-25(34)9-7-20(27)5-4-6-29(43)41-28-10-8-23(14-22(28)18-39)31(2,3)42-30(44)32(40)11-12-32/h4-5,7-10,13-17H,1,6,11-12,18,40H2,2-3H3,(H,41,43)(H,42,44)/b5-4-. The van der Waals surface area contributed by atoms with Crippen molar-refractivity contribution in [3.8, 4) is 0 Å². The van der Waals surface area contributed by atoms with Crippen molar-refractivity contribution >= 4 is 63.3 Å². The van der Waals surface area contributed by atoms with Crippen LogP contribution in [0.4, 0.5) is 23.2 Å². The third kappa shape index (κ3) is 8.08. The Morgan fingerprint density at radius 2 is 1.77 bits per heavy atom. The highest BCUT2D eigenvalue weighted by Crippen LogP contribution is 2.36. The quantitative estimate of drug-likeness (QED) is 0.111. The number of benzene rings is 3. The second-order valence-corrected chi connectivity index (χ2v) is 12.5. The van der Waals surface area contributed by atoms with Gasteiger partial charge < -0.3 is 16.4 Å². The van der Waals surface area contributed by atoms with Gasteiger partial charge in [0.25, 0.3) is 0 Å². The van der Waals surface area contributed by atoms with Gasteiger partial charge in [-0.3, -0.25) is 9.59 Å². The van der Waals surface area contributed by atoms with Crippen LogP contribution in [0.15, 0.2) is 67.3 Å². The zero-order valence-electron chi connectivity index (χ0n) is 24.0. The number of carbonyl (C=O) groups excluding carboxylic acids is 2. The topological polar surface area (TPSA) is 84.2 Å². The van der Waals surface area contributed by atoms with Gasteiger partial charge in [-0.05, 0) is 96.5 Å². The van der Waals surface area contributed by atoms with Crippen LogP contribution >= 0.6 is 34.2 Å². The maximum Gasteiger partial charge on any atom is 0.416 e. The number of nitrogens with two attached hydrogens (primary N) is 1. The number of carbonyl (C=O) groups is 2. The molecule has 0 spiro atoms. The fourth-order valence-corrected chi connectivity index (χ4v) is 5.37. The van der Waals surface area contributed by atoms with E-state index >= 15 is 0 Å². The van der Waals surface area contributed by atoms with Crippen LogP contribution in [0.3, 0.4) is 0 Å². The summed E-state index contributed by atoms with van der Waals surface area (Å²) in [5.41, 5.74) is 6.87. The van der Waals surface area contributed by atoms with E-state index in [1.54, 1.807) is 30.4 Å². The van der Waals surface area contributed by atoms with E-state index in [4.69, 9.17) is 17.3 Å². The number of anilines is 1. The fourth-order valence-electron chi connectivity index (χ4n) is 4.57. The number of hydrogen-bond acceptors (Lipinski definition) is 3. The molecular weight excluding hydrogens is 709 g/mol. The summed E-state index contributed by atoms with van der Waals surface area (Å²) < 4.78 is 54.5. The highest BCUT2D eigenvalue weighted by Gasteiger charge is 2.47. The molecule has 1 aliphatic carbocycles. The van der Waals surface area contributed by atoms with Gasteiger partial charge in [0.2, 0.25) is 11.8 Å². The Morgan fingerprint density at radius 1 is 1.07 bits per heavy atom. The number of rotatable bonds is 10. The van der Waals surface area contributed by atoms with Crippen molar-refractivity contribution in [3.63, 3.8) is 0 Å². The summed E-state index contributed by atoms with van der Waals surface area (Å²) in [4.78, 5) is 25.4. The lowest BCUT2D eigenvalue weighted by Crippen LogP contribution is -2.50. The van der Waals surface area contributed by atoms with Gasteiger partial charge in [0, 0.05) is 21.6 Å². The zero-order valence-corrected chi connectivity index (χ0v) is 27.0. The first-order valence-electron chi connectivity index (χ1n) is 13.7. The molecule has 1 saturated carbocycles. The van der Waals surface area contributed by atoms with E-state index in [1.807, 2.05) is 26.0 Å². The number of amides is 2. The molecule has 0 radical (unpaired) electrons. The van der Waals surface area contributed by atoms with Gasteiger partial charge >= 0.3 is 6.18 Å². The molecule has 3 aromatic carbocycles. The van der Waals surface area contributed by atoms with Crippen LogP contribution in [0.25, 0.3) is 11.6 Å². The summed E-state index contributed by atoms with van der Waals surface area (Å²) in [7, 11) is 0. The fraction of sp³-hybridized carbons (Fsp3) is 0.273. The molecule has 0 heterocycles. The van der Waals surface area contributed by atoms with Crippen LogP contribution in [0.2, 0.25) is 5.02 Å². The molecule has 0 aromatic heterocycles. The van der Waals surface area contributed by atoms with Crippen LogP contribution in [0.5, 0.6) is 0 Å². The van der Waals surface area contributed by atoms with Gasteiger partial charge in [0.1, 0.15) is 5.82 Å². The van der Waals surface area contributed by atoms with Gasteiger partial charge in [-0.15, -0.1) is 0 Å². The molecule has 4 rings (SSSR count). The molecule has 1 aliphatic rings. The SMILES string of the molecule is C=C(c1cc(F)cc(C(F)(F)F)c1)c1cc(Cl)ccc1/C=C\CC(=O)Nc1ccc(C(C)(C)NC(=O)C2(N)CC2)cc1CI. The lowest BCUT2D eigenvalue weighted by molar-refractivity contribution is -0.137. The Labute approximate surface area is 272 Å². The molecular formula is C33H31ClF4IN3O2. The van der Waals surface area contributed by atoms with Crippen molar-refractivity contribution in [1.29, 1.82) is 0 Å². The Hall–Kier alpha value is -3.22. The smallest absolute Gasteiger partial charge is 0.346 e. The van der Waals surface area contributed by atoms with E-state index in [0.717, 1.165) is 23.3 Å². The Balaban J connectivity index is 1.47. The van der Waals surface area contributed by atoms with E-state index in [1.165, 1.54) is 6.07 Å². The predicted molar refractivity (Wildman–Crippen MR) is 175 cm³/mol. The third-order valence-corrected chi connectivity index (χ3v) is 8.48. The summed E-state index contributed by atoms with van der Waals surface area (Å²) in [6, 6.07) is 12.6. The highest BCUT2D eigenvalue weighted by atomic mass is 127. The average Bonchev–Trinajstić information content (AvgIpc) is 3.71. The first kappa shape index (κ1) is 33.7. The number of halogens is 6. The molecule has 4 N–H and O–H groups in total. The van der Waals surface area contributed by atoms with Crippen LogP contribution in [0.1, 0.15) is 66.5 Å². The maximum atomic E-state index is 14.1. The third-order valence-electron chi connectivity index (χ3n) is 7.43. The summed E-state index contributed by atoms with van der Waals surface area (Å²) in [6.45, 7) is 7.69. The molecule has 44 heavy (non-hydrogen) atoms. The van der Waals surface area contributed by atoms with E-state index < -0.39 is 28.6 Å². The lowest BCUT2D eigenvalue weighted by atomic mass is 9.91. The maximum absolute atomic E-state index is 14.1. The van der Waals surface area contributed by atoms with Gasteiger partial charge in [-0.2, -0.15) is 13.2 Å². The molecule has 0 bridgehead atoms. The molecule has 1 fully saturated rings. The van der Waals surface area contributed by atoms with E-state index in [9.17, 15) is 27.2 Å². The summed E-state index contributed by atoms with van der Waals surface area (Å²) in [5, 5.41) is 6.25. The van der Waals surface area contributed by atoms with E-state index in [0.29, 0.717) is 45.2 Å². The lowest BCUT2D eigenvalue weighted by Gasteiger charge is -2.29. The normalized spacial score (nSPS) is 14.4. The van der Waals surface area contributed by atoms with Crippen LogP contribution < -0.4 is 16.4 Å². The van der Waals surface area contributed by atoms with Gasteiger partial charge in [-0.25, -0.2) is 4.39 Å². The molecule has 11 heteroatoms. The minimum atomic E-state index is -4.73. The largest absolute Gasteiger partial charge is 0.416 e. The first-order valence-corrected chi connectivity index (χ1v) is 15.6. The van der Waals surface area contributed by atoms with Gasteiger partial charge in [-0.1, -0.05) is 71.1 Å². The molecule has 2 amide bonds. The van der Waals surface area contributed by atoms with Crippen molar-refractivity contribution in [1.82, 2.24) is 5.32 Å². The Morgan fingerprint density at radius 3 is 2.41 bits per heavy atom. The minimum absolute atomic E-state index is 0.00466. The summed E-state index contributed by atoms with van der Waals surface area (Å²) >= 11 is 8.37. The van der Waals surface area contributed by atoms with Crippen molar-refractivity contribution < 1.29 is 27.2 Å².